The number of hydrogen-bond donors (Lipinski definition) is 1. The van der Waals surface area contributed by atoms with Gasteiger partial charge < -0.3 is 14.5 Å². The highest BCUT2D eigenvalue weighted by Crippen LogP contribution is 2.18. The van der Waals surface area contributed by atoms with Crippen LogP contribution in [0.15, 0.2) is 24.3 Å². The second-order valence-electron chi connectivity index (χ2n) is 7.81. The van der Waals surface area contributed by atoms with Crippen LogP contribution >= 0.6 is 0 Å². The van der Waals surface area contributed by atoms with Gasteiger partial charge in [0.1, 0.15) is 5.75 Å². The van der Waals surface area contributed by atoms with E-state index in [2.05, 4.69) is 13.8 Å². The standard InChI is InChI=1S/C20H30N2O2/c1-15-11-16(2)14-22(13-15)18-7-9-21(10-8-18)20(23)17-5-4-6-19(12-17)24-3/h4-6,12,15-16,18H,7-11,13-14H2,1-3H3/p+1/t15-,16-/m0/s1. The van der Waals surface area contributed by atoms with Gasteiger partial charge in [-0.3, -0.25) is 4.79 Å². The van der Waals surface area contributed by atoms with Gasteiger partial charge in [-0.2, -0.15) is 0 Å². The number of benzene rings is 1. The van der Waals surface area contributed by atoms with E-state index in [1.165, 1.54) is 19.5 Å². The third kappa shape index (κ3) is 3.92. The molecule has 2 aliphatic heterocycles. The fraction of sp³-hybridized carbons (Fsp3) is 0.650. The number of nitrogens with zero attached hydrogens (tertiary/aromatic N) is 1. The first-order valence-electron chi connectivity index (χ1n) is 9.34. The molecule has 0 radical (unpaired) electrons. The van der Waals surface area contributed by atoms with Crippen LogP contribution in [0.2, 0.25) is 0 Å². The lowest BCUT2D eigenvalue weighted by Crippen LogP contribution is -3.18. The van der Waals surface area contributed by atoms with E-state index in [9.17, 15) is 4.79 Å². The van der Waals surface area contributed by atoms with Crippen LogP contribution in [0.1, 0.15) is 43.5 Å². The molecule has 1 aromatic carbocycles. The molecule has 0 aliphatic carbocycles. The molecule has 3 rings (SSSR count). The SMILES string of the molecule is COc1cccc(C(=O)N2CCC([NH+]3C[C@@H](C)C[C@H](C)C3)CC2)c1. The predicted octanol–water partition coefficient (Wildman–Crippen LogP) is 1.86. The molecule has 0 aromatic heterocycles. The van der Waals surface area contributed by atoms with E-state index < -0.39 is 0 Å². The number of ether oxygens (including phenoxy) is 1. The minimum absolute atomic E-state index is 0.141. The Morgan fingerprint density at radius 3 is 2.46 bits per heavy atom. The van der Waals surface area contributed by atoms with Crippen LogP contribution in [-0.2, 0) is 0 Å². The number of methoxy groups -OCH3 is 1. The van der Waals surface area contributed by atoms with Crippen molar-refractivity contribution in [3.8, 4) is 5.75 Å². The first kappa shape index (κ1) is 17.3. The van der Waals surface area contributed by atoms with Crippen molar-refractivity contribution in [1.29, 1.82) is 0 Å². The van der Waals surface area contributed by atoms with Crippen molar-refractivity contribution < 1.29 is 14.4 Å². The van der Waals surface area contributed by atoms with Gasteiger partial charge in [-0.15, -0.1) is 0 Å². The summed E-state index contributed by atoms with van der Waals surface area (Å²) in [5, 5.41) is 0. The van der Waals surface area contributed by atoms with E-state index >= 15 is 0 Å². The lowest BCUT2D eigenvalue weighted by atomic mass is 9.89. The molecular formula is C20H31N2O2+. The van der Waals surface area contributed by atoms with Gasteiger partial charge in [0.05, 0.1) is 26.2 Å². The molecule has 2 atom stereocenters. The smallest absolute Gasteiger partial charge is 0.253 e. The molecule has 2 saturated heterocycles. The maximum atomic E-state index is 12.7. The van der Waals surface area contributed by atoms with Gasteiger partial charge in [0, 0.05) is 43.3 Å². The van der Waals surface area contributed by atoms with Crippen LogP contribution in [0, 0.1) is 11.8 Å². The Hall–Kier alpha value is -1.55. The largest absolute Gasteiger partial charge is 0.497 e. The van der Waals surface area contributed by atoms with Crippen molar-refractivity contribution in [2.75, 3.05) is 33.3 Å². The third-order valence-electron chi connectivity index (χ3n) is 5.70. The Morgan fingerprint density at radius 2 is 1.83 bits per heavy atom. The van der Waals surface area contributed by atoms with Crippen LogP contribution in [0.3, 0.4) is 0 Å². The quantitative estimate of drug-likeness (QED) is 0.917. The molecule has 4 nitrogen and oxygen atoms in total. The number of quaternary nitrogens is 1. The maximum Gasteiger partial charge on any atom is 0.253 e. The first-order valence-corrected chi connectivity index (χ1v) is 9.34. The lowest BCUT2D eigenvalue weighted by Gasteiger charge is -2.41. The van der Waals surface area contributed by atoms with Gasteiger partial charge in [-0.05, 0) is 24.6 Å². The highest BCUT2D eigenvalue weighted by Gasteiger charge is 2.34. The van der Waals surface area contributed by atoms with Crippen LogP contribution in [-0.4, -0.2) is 50.1 Å². The average Bonchev–Trinajstić information content (AvgIpc) is 2.60. The monoisotopic (exact) mass is 331 g/mol. The van der Waals surface area contributed by atoms with Crippen molar-refractivity contribution in [3.63, 3.8) is 0 Å². The van der Waals surface area contributed by atoms with E-state index in [1.54, 1.807) is 12.0 Å². The van der Waals surface area contributed by atoms with Crippen molar-refractivity contribution in [2.45, 2.75) is 39.2 Å². The Balaban J connectivity index is 1.57. The molecule has 0 unspecified atom stereocenters. The van der Waals surface area contributed by atoms with Gasteiger partial charge in [-0.25, -0.2) is 0 Å². The molecule has 24 heavy (non-hydrogen) atoms. The van der Waals surface area contributed by atoms with E-state index in [-0.39, 0.29) is 5.91 Å². The van der Waals surface area contributed by atoms with E-state index in [1.807, 2.05) is 29.2 Å². The fourth-order valence-electron chi connectivity index (χ4n) is 4.59. The second-order valence-corrected chi connectivity index (χ2v) is 7.81. The minimum atomic E-state index is 0.141. The van der Waals surface area contributed by atoms with Crippen molar-refractivity contribution >= 4 is 5.91 Å². The van der Waals surface area contributed by atoms with E-state index in [4.69, 9.17) is 4.74 Å². The number of carbonyl (C=O) groups excluding carboxylic acids is 1. The minimum Gasteiger partial charge on any atom is -0.497 e. The summed E-state index contributed by atoms with van der Waals surface area (Å²) in [6.45, 7) is 9.14. The van der Waals surface area contributed by atoms with Crippen LogP contribution in [0.25, 0.3) is 0 Å². The maximum absolute atomic E-state index is 12.7. The molecule has 1 amide bonds. The number of likely N-dealkylation sites (tertiary alicyclic amines) is 2. The lowest BCUT2D eigenvalue weighted by molar-refractivity contribution is -0.938. The zero-order chi connectivity index (χ0) is 17.1. The topological polar surface area (TPSA) is 34.0 Å². The van der Waals surface area contributed by atoms with Crippen LogP contribution in [0.4, 0.5) is 0 Å². The van der Waals surface area contributed by atoms with Crippen LogP contribution in [0.5, 0.6) is 5.75 Å². The van der Waals surface area contributed by atoms with E-state index in [0.29, 0.717) is 0 Å². The highest BCUT2D eigenvalue weighted by molar-refractivity contribution is 5.94. The molecule has 4 heteroatoms. The number of hydrogen-bond acceptors (Lipinski definition) is 2. The van der Waals surface area contributed by atoms with Gasteiger partial charge in [-0.1, -0.05) is 19.9 Å². The molecule has 1 aromatic rings. The molecule has 2 aliphatic rings. The zero-order valence-corrected chi connectivity index (χ0v) is 15.3. The molecule has 1 N–H and O–H groups in total. The molecule has 2 fully saturated rings. The third-order valence-corrected chi connectivity index (χ3v) is 5.70. The Bertz CT molecular complexity index is 557. The fourth-order valence-corrected chi connectivity index (χ4v) is 4.59. The normalized spacial score (nSPS) is 28.6. The average molecular weight is 331 g/mol. The molecule has 132 valence electrons. The summed E-state index contributed by atoms with van der Waals surface area (Å²) in [5.41, 5.74) is 0.736. The van der Waals surface area contributed by atoms with Gasteiger partial charge >= 0.3 is 0 Å². The first-order chi connectivity index (χ1) is 11.6. The Labute approximate surface area is 145 Å². The molecule has 2 heterocycles. The highest BCUT2D eigenvalue weighted by atomic mass is 16.5. The van der Waals surface area contributed by atoms with Crippen molar-refractivity contribution in [2.24, 2.45) is 11.8 Å². The summed E-state index contributed by atoms with van der Waals surface area (Å²) >= 11 is 0. The van der Waals surface area contributed by atoms with Gasteiger partial charge in [0.15, 0.2) is 0 Å². The molecular weight excluding hydrogens is 300 g/mol. The van der Waals surface area contributed by atoms with E-state index in [0.717, 1.165) is 55.1 Å². The second kappa shape index (κ2) is 7.56. The van der Waals surface area contributed by atoms with Gasteiger partial charge in [0.25, 0.3) is 5.91 Å². The van der Waals surface area contributed by atoms with Crippen molar-refractivity contribution in [3.05, 3.63) is 29.8 Å². The Morgan fingerprint density at radius 1 is 1.17 bits per heavy atom. The predicted molar refractivity (Wildman–Crippen MR) is 95.6 cm³/mol. The Kier molecular flexibility index (Phi) is 5.44. The van der Waals surface area contributed by atoms with Gasteiger partial charge in [0.2, 0.25) is 0 Å². The summed E-state index contributed by atoms with van der Waals surface area (Å²) in [4.78, 5) is 16.5. The van der Waals surface area contributed by atoms with Crippen molar-refractivity contribution in [1.82, 2.24) is 4.90 Å². The molecule has 0 bridgehead atoms. The zero-order valence-electron chi connectivity index (χ0n) is 15.3. The molecule has 0 saturated carbocycles. The molecule has 0 spiro atoms. The summed E-state index contributed by atoms with van der Waals surface area (Å²) in [7, 11) is 1.64. The summed E-state index contributed by atoms with van der Waals surface area (Å²) in [6.07, 6.45) is 3.63. The summed E-state index contributed by atoms with van der Waals surface area (Å²) in [6, 6.07) is 8.22. The number of carbonyl (C=O) groups is 1. The summed E-state index contributed by atoms with van der Waals surface area (Å²) < 4.78 is 5.23. The number of rotatable bonds is 3. The number of amides is 1. The number of piperidine rings is 2. The van der Waals surface area contributed by atoms with Crippen LogP contribution < -0.4 is 9.64 Å². The number of nitrogens with one attached hydrogen (secondary N) is 1. The summed E-state index contributed by atoms with van der Waals surface area (Å²) in [5.74, 6) is 2.56.